The van der Waals surface area contributed by atoms with E-state index in [4.69, 9.17) is 9.47 Å². The lowest BCUT2D eigenvalue weighted by molar-refractivity contribution is -0.142. The standard InChI is InChI=1S/C19H28N2O5/c1-12(2)7-15(19(23)24)20-18(22)11-21-6-5-13-8-16(25-3)17(26-4)9-14(13)10-21/h8-9,12,15H,5-7,10-11H2,1-4H3,(H,20,22)(H,23,24)/t15-/m1/s1. The van der Waals surface area contributed by atoms with Gasteiger partial charge in [0.05, 0.1) is 20.8 Å². The molecule has 0 aliphatic carbocycles. The van der Waals surface area contributed by atoms with E-state index in [1.54, 1.807) is 14.2 Å². The van der Waals surface area contributed by atoms with Crippen molar-refractivity contribution in [2.75, 3.05) is 27.3 Å². The molecule has 0 unspecified atom stereocenters. The number of hydrogen-bond donors (Lipinski definition) is 2. The molecule has 0 saturated carbocycles. The second-order valence-corrected chi connectivity index (χ2v) is 7.02. The molecule has 0 radical (unpaired) electrons. The molecule has 1 aliphatic rings. The largest absolute Gasteiger partial charge is 0.493 e. The van der Waals surface area contributed by atoms with Crippen molar-refractivity contribution in [1.29, 1.82) is 0 Å². The van der Waals surface area contributed by atoms with Crippen molar-refractivity contribution in [3.8, 4) is 11.5 Å². The zero-order valence-electron chi connectivity index (χ0n) is 15.9. The first-order valence-corrected chi connectivity index (χ1v) is 8.82. The van der Waals surface area contributed by atoms with Gasteiger partial charge in [0.25, 0.3) is 0 Å². The zero-order chi connectivity index (χ0) is 19.3. The Kier molecular flexibility index (Phi) is 6.85. The lowest BCUT2D eigenvalue weighted by Gasteiger charge is -2.29. The number of carboxylic acid groups (broad SMARTS) is 1. The number of nitrogens with zero attached hydrogens (tertiary/aromatic N) is 1. The number of methoxy groups -OCH3 is 2. The SMILES string of the molecule is COc1cc2c(cc1OC)CN(CC(=O)N[C@H](CC(C)C)C(=O)O)CC2. The summed E-state index contributed by atoms with van der Waals surface area (Å²) in [7, 11) is 3.21. The topological polar surface area (TPSA) is 88.1 Å². The van der Waals surface area contributed by atoms with Crippen LogP contribution in [-0.2, 0) is 22.6 Å². The molecule has 1 amide bonds. The van der Waals surface area contributed by atoms with Crippen LogP contribution < -0.4 is 14.8 Å². The van der Waals surface area contributed by atoms with E-state index >= 15 is 0 Å². The summed E-state index contributed by atoms with van der Waals surface area (Å²) in [5.41, 5.74) is 2.28. The van der Waals surface area contributed by atoms with Crippen LogP contribution in [0.2, 0.25) is 0 Å². The maximum Gasteiger partial charge on any atom is 0.326 e. The molecule has 26 heavy (non-hydrogen) atoms. The van der Waals surface area contributed by atoms with Crippen molar-refractivity contribution in [3.05, 3.63) is 23.3 Å². The van der Waals surface area contributed by atoms with Gasteiger partial charge >= 0.3 is 5.97 Å². The minimum Gasteiger partial charge on any atom is -0.493 e. The lowest BCUT2D eigenvalue weighted by Crippen LogP contribution is -2.47. The van der Waals surface area contributed by atoms with Crippen molar-refractivity contribution in [3.63, 3.8) is 0 Å². The third kappa shape index (κ3) is 5.11. The maximum atomic E-state index is 12.3. The molecule has 0 saturated heterocycles. The number of nitrogens with one attached hydrogen (secondary N) is 1. The van der Waals surface area contributed by atoms with E-state index in [1.165, 1.54) is 5.56 Å². The molecule has 2 N–H and O–H groups in total. The summed E-state index contributed by atoms with van der Waals surface area (Å²) in [6.45, 7) is 5.40. The highest BCUT2D eigenvalue weighted by Crippen LogP contribution is 2.33. The molecule has 0 bridgehead atoms. The Labute approximate surface area is 154 Å². The number of hydrogen-bond acceptors (Lipinski definition) is 5. The van der Waals surface area contributed by atoms with Gasteiger partial charge in [0.2, 0.25) is 5.91 Å². The molecule has 1 aromatic carbocycles. The van der Waals surface area contributed by atoms with Crippen LogP contribution in [0, 0.1) is 5.92 Å². The molecular weight excluding hydrogens is 336 g/mol. The second-order valence-electron chi connectivity index (χ2n) is 7.02. The number of fused-ring (bicyclic) bond motifs is 1. The summed E-state index contributed by atoms with van der Waals surface area (Å²) < 4.78 is 10.7. The summed E-state index contributed by atoms with van der Waals surface area (Å²) in [6.07, 6.45) is 1.22. The minimum absolute atomic E-state index is 0.176. The predicted octanol–water partition coefficient (Wildman–Crippen LogP) is 1.68. The first kappa shape index (κ1) is 20.0. The van der Waals surface area contributed by atoms with Crippen molar-refractivity contribution in [2.24, 2.45) is 5.92 Å². The van der Waals surface area contributed by atoms with E-state index in [0.717, 1.165) is 18.5 Å². The molecule has 144 valence electrons. The molecule has 1 aromatic rings. The van der Waals surface area contributed by atoms with E-state index in [2.05, 4.69) is 5.32 Å². The molecule has 1 heterocycles. The normalized spacial score (nSPS) is 15.3. The Morgan fingerprint density at radius 1 is 1.19 bits per heavy atom. The lowest BCUT2D eigenvalue weighted by atomic mass is 9.98. The van der Waals surface area contributed by atoms with Gasteiger partial charge in [-0.1, -0.05) is 13.8 Å². The number of rotatable bonds is 8. The molecule has 0 aromatic heterocycles. The summed E-state index contributed by atoms with van der Waals surface area (Å²) in [4.78, 5) is 25.6. The van der Waals surface area contributed by atoms with Gasteiger partial charge in [-0.25, -0.2) is 4.79 Å². The first-order valence-electron chi connectivity index (χ1n) is 8.82. The predicted molar refractivity (Wildman–Crippen MR) is 97.5 cm³/mol. The average Bonchev–Trinajstić information content (AvgIpc) is 2.59. The van der Waals surface area contributed by atoms with Crippen LogP contribution in [0.15, 0.2) is 12.1 Å². The summed E-state index contributed by atoms with van der Waals surface area (Å²) >= 11 is 0. The van der Waals surface area contributed by atoms with Crippen LogP contribution in [0.3, 0.4) is 0 Å². The average molecular weight is 364 g/mol. The van der Waals surface area contributed by atoms with Crippen LogP contribution in [0.5, 0.6) is 11.5 Å². The van der Waals surface area contributed by atoms with Gasteiger partial charge in [0.15, 0.2) is 11.5 Å². The molecule has 7 nitrogen and oxygen atoms in total. The Morgan fingerprint density at radius 3 is 2.35 bits per heavy atom. The molecule has 0 fully saturated rings. The Balaban J connectivity index is 2.00. The summed E-state index contributed by atoms with van der Waals surface area (Å²) in [5, 5.41) is 11.9. The number of carboxylic acids is 1. The number of benzene rings is 1. The van der Waals surface area contributed by atoms with E-state index in [9.17, 15) is 14.7 Å². The van der Waals surface area contributed by atoms with Crippen molar-refractivity contribution in [2.45, 2.75) is 39.3 Å². The fourth-order valence-corrected chi connectivity index (χ4v) is 3.21. The smallest absolute Gasteiger partial charge is 0.326 e. The summed E-state index contributed by atoms with van der Waals surface area (Å²) in [5.74, 6) is 0.311. The zero-order valence-corrected chi connectivity index (χ0v) is 15.9. The molecule has 2 rings (SSSR count). The van der Waals surface area contributed by atoms with E-state index < -0.39 is 12.0 Å². The number of ether oxygens (including phenoxy) is 2. The number of amides is 1. The number of carbonyl (C=O) groups is 2. The van der Waals surface area contributed by atoms with Crippen molar-refractivity contribution >= 4 is 11.9 Å². The van der Waals surface area contributed by atoms with Gasteiger partial charge < -0.3 is 19.9 Å². The van der Waals surface area contributed by atoms with E-state index in [1.807, 2.05) is 30.9 Å². The monoisotopic (exact) mass is 364 g/mol. The third-order valence-corrected chi connectivity index (χ3v) is 4.50. The minimum atomic E-state index is -0.993. The third-order valence-electron chi connectivity index (χ3n) is 4.50. The fourth-order valence-electron chi connectivity index (χ4n) is 3.21. The van der Waals surface area contributed by atoms with E-state index in [-0.39, 0.29) is 18.4 Å². The first-order chi connectivity index (χ1) is 12.3. The van der Waals surface area contributed by atoms with Crippen LogP contribution in [0.25, 0.3) is 0 Å². The van der Waals surface area contributed by atoms with Crippen LogP contribution in [0.1, 0.15) is 31.4 Å². The maximum absolute atomic E-state index is 12.3. The summed E-state index contributed by atoms with van der Waals surface area (Å²) in [6, 6.07) is 3.08. The van der Waals surface area contributed by atoms with Crippen LogP contribution in [0.4, 0.5) is 0 Å². The van der Waals surface area contributed by atoms with Gasteiger partial charge in [0.1, 0.15) is 6.04 Å². The Morgan fingerprint density at radius 2 is 1.81 bits per heavy atom. The highest BCUT2D eigenvalue weighted by atomic mass is 16.5. The molecule has 7 heteroatoms. The van der Waals surface area contributed by atoms with Crippen LogP contribution in [-0.4, -0.2) is 55.2 Å². The molecule has 1 atom stereocenters. The van der Waals surface area contributed by atoms with Gasteiger partial charge in [-0.15, -0.1) is 0 Å². The van der Waals surface area contributed by atoms with E-state index in [0.29, 0.717) is 24.5 Å². The molecule has 0 spiro atoms. The second kappa shape index (κ2) is 8.89. The number of aliphatic carboxylic acids is 1. The highest BCUT2D eigenvalue weighted by molar-refractivity contribution is 5.84. The molecule has 1 aliphatic heterocycles. The van der Waals surface area contributed by atoms with Gasteiger partial charge in [-0.3, -0.25) is 9.69 Å². The fraction of sp³-hybridized carbons (Fsp3) is 0.579. The van der Waals surface area contributed by atoms with Gasteiger partial charge in [0, 0.05) is 13.1 Å². The van der Waals surface area contributed by atoms with Crippen molar-refractivity contribution < 1.29 is 24.2 Å². The molecular formula is C19H28N2O5. The quantitative estimate of drug-likeness (QED) is 0.730. The van der Waals surface area contributed by atoms with Crippen LogP contribution >= 0.6 is 0 Å². The Hall–Kier alpha value is -2.28. The highest BCUT2D eigenvalue weighted by Gasteiger charge is 2.24. The van der Waals surface area contributed by atoms with Crippen molar-refractivity contribution in [1.82, 2.24) is 10.2 Å². The number of carbonyl (C=O) groups excluding carboxylic acids is 1. The van der Waals surface area contributed by atoms with Gasteiger partial charge in [-0.2, -0.15) is 0 Å². The van der Waals surface area contributed by atoms with Gasteiger partial charge in [-0.05, 0) is 42.0 Å². The Bertz CT molecular complexity index is 660.